The number of aromatic nitrogens is 1. The lowest BCUT2D eigenvalue weighted by Crippen LogP contribution is -2.32. The number of nitriles is 2. The van der Waals surface area contributed by atoms with E-state index in [0.717, 1.165) is 0 Å². The Hall–Kier alpha value is -4.61. The quantitative estimate of drug-likeness (QED) is 0.210. The molecule has 1 aliphatic rings. The molecule has 0 saturated heterocycles. The molecule has 1 aromatic carbocycles. The first-order valence-corrected chi connectivity index (χ1v) is 9.74. The molecule has 0 saturated carbocycles. The van der Waals surface area contributed by atoms with Gasteiger partial charge in [-0.25, -0.2) is 14.8 Å². The maximum Gasteiger partial charge on any atom is 0.353 e. The minimum Gasteiger partial charge on any atom is -0.422 e. The van der Waals surface area contributed by atoms with Crippen LogP contribution in [-0.2, 0) is 0 Å². The predicted molar refractivity (Wildman–Crippen MR) is 115 cm³/mol. The monoisotopic (exact) mass is 430 g/mol. The molecule has 0 fully saturated rings. The van der Waals surface area contributed by atoms with Crippen molar-refractivity contribution < 1.29 is 9.53 Å². The van der Waals surface area contributed by atoms with E-state index in [9.17, 15) is 10.1 Å². The van der Waals surface area contributed by atoms with Gasteiger partial charge in [-0.2, -0.15) is 10.5 Å². The predicted octanol–water partition coefficient (Wildman–Crippen LogP) is 2.34. The van der Waals surface area contributed by atoms with Crippen LogP contribution in [0.4, 0.5) is 17.3 Å². The van der Waals surface area contributed by atoms with Crippen LogP contribution in [0.3, 0.4) is 0 Å². The maximum absolute atomic E-state index is 12.3. The molecule has 0 amide bonds. The number of hydrogen-bond acceptors (Lipinski definition) is 11. The molecule has 1 atom stereocenters. The molecule has 1 aliphatic heterocycles. The second-order valence-electron chi connectivity index (χ2n) is 6.34. The lowest BCUT2D eigenvalue weighted by atomic mass is 9.95. The third kappa shape index (κ3) is 3.69. The lowest BCUT2D eigenvalue weighted by molar-refractivity contribution is 0.0739. The Balaban J connectivity index is 1.78. The normalized spacial score (nSPS) is 14.3. The number of pyridine rings is 1. The van der Waals surface area contributed by atoms with Crippen LogP contribution in [0.5, 0.6) is 5.75 Å². The Morgan fingerprint density at radius 2 is 2.10 bits per heavy atom. The van der Waals surface area contributed by atoms with Crippen molar-refractivity contribution in [1.82, 2.24) is 10.3 Å². The van der Waals surface area contributed by atoms with E-state index >= 15 is 0 Å². The topological polar surface area (TPSA) is 175 Å². The van der Waals surface area contributed by atoms with Crippen molar-refractivity contribution in [3.05, 3.63) is 63.3 Å². The van der Waals surface area contributed by atoms with E-state index in [-0.39, 0.29) is 28.8 Å². The summed E-state index contributed by atoms with van der Waals surface area (Å²) in [5, 5.41) is 25.5. The lowest BCUT2D eigenvalue weighted by Gasteiger charge is -2.26. The highest BCUT2D eigenvalue weighted by Crippen LogP contribution is 2.41. The molecule has 0 bridgehead atoms. The second kappa shape index (κ2) is 8.02. The van der Waals surface area contributed by atoms with E-state index in [1.54, 1.807) is 48.0 Å². The minimum absolute atomic E-state index is 0.0396. The SMILES string of the molecule is N#CNC1=NC(c2cccc(OC(=O)c3cccs3)c2)c2c(nc(N)c(C#N)c2N)N1. The summed E-state index contributed by atoms with van der Waals surface area (Å²) in [7, 11) is 0. The molecule has 3 aromatic rings. The van der Waals surface area contributed by atoms with Crippen LogP contribution >= 0.6 is 11.3 Å². The molecule has 152 valence electrons. The highest BCUT2D eigenvalue weighted by molar-refractivity contribution is 7.12. The first-order chi connectivity index (χ1) is 15.0. The number of ether oxygens (including phenoxy) is 1. The van der Waals surface area contributed by atoms with Crippen LogP contribution in [0.15, 0.2) is 46.8 Å². The summed E-state index contributed by atoms with van der Waals surface area (Å²) in [5.74, 6) is 0.198. The van der Waals surface area contributed by atoms with Crippen LogP contribution in [0.2, 0.25) is 0 Å². The van der Waals surface area contributed by atoms with Crippen LogP contribution in [0, 0.1) is 22.8 Å². The number of nitrogens with one attached hydrogen (secondary N) is 2. The summed E-state index contributed by atoms with van der Waals surface area (Å²) >= 11 is 1.28. The summed E-state index contributed by atoms with van der Waals surface area (Å²) in [5.41, 5.74) is 13.3. The molecule has 11 heteroatoms. The smallest absolute Gasteiger partial charge is 0.353 e. The number of nitrogens with zero attached hydrogens (tertiary/aromatic N) is 4. The van der Waals surface area contributed by atoms with Gasteiger partial charge in [-0.05, 0) is 29.1 Å². The fraction of sp³-hybridized carbons (Fsp3) is 0.0500. The molecule has 31 heavy (non-hydrogen) atoms. The Kier molecular flexibility index (Phi) is 5.10. The number of aliphatic imine (C=N–C) groups is 1. The van der Waals surface area contributed by atoms with Gasteiger partial charge in [0.25, 0.3) is 0 Å². The average Bonchev–Trinajstić information content (AvgIpc) is 3.29. The summed E-state index contributed by atoms with van der Waals surface area (Å²) < 4.78 is 5.47. The number of nitrogens with two attached hydrogens (primary N) is 2. The number of nitrogen functional groups attached to an aromatic ring is 2. The molecule has 3 heterocycles. The zero-order valence-corrected chi connectivity index (χ0v) is 16.6. The molecule has 4 rings (SSSR count). The number of rotatable bonds is 3. The largest absolute Gasteiger partial charge is 0.422 e. The fourth-order valence-electron chi connectivity index (χ4n) is 3.12. The van der Waals surface area contributed by atoms with Gasteiger partial charge in [-0.1, -0.05) is 18.2 Å². The van der Waals surface area contributed by atoms with Crippen molar-refractivity contribution in [3.8, 4) is 18.0 Å². The number of hydrogen-bond donors (Lipinski definition) is 4. The van der Waals surface area contributed by atoms with Crippen LogP contribution in [-0.4, -0.2) is 16.9 Å². The standard InChI is InChI=1S/C20H14N8O2S/c21-8-12-15(23)14-16(26-20(25-9-22)28-18(14)27-17(12)24)10-3-1-4-11(7-10)30-19(29)13-5-2-6-31-13/h1-7,16H,(H6,23,24,25,26,27,28). The van der Waals surface area contributed by atoms with Gasteiger partial charge in [-0.3, -0.25) is 5.32 Å². The summed E-state index contributed by atoms with van der Waals surface area (Å²) in [6, 6.07) is 11.4. The van der Waals surface area contributed by atoms with E-state index < -0.39 is 12.0 Å². The van der Waals surface area contributed by atoms with Crippen LogP contribution in [0.25, 0.3) is 0 Å². The van der Waals surface area contributed by atoms with Crippen molar-refractivity contribution in [1.29, 1.82) is 10.5 Å². The van der Waals surface area contributed by atoms with Gasteiger partial charge in [0, 0.05) is 5.56 Å². The molecule has 6 N–H and O–H groups in total. The third-order valence-electron chi connectivity index (χ3n) is 4.46. The molecular weight excluding hydrogens is 416 g/mol. The summed E-state index contributed by atoms with van der Waals surface area (Å²) in [6.45, 7) is 0. The van der Waals surface area contributed by atoms with Gasteiger partial charge >= 0.3 is 5.97 Å². The van der Waals surface area contributed by atoms with Gasteiger partial charge in [0.05, 0.1) is 5.69 Å². The van der Waals surface area contributed by atoms with Gasteiger partial charge in [0.2, 0.25) is 5.96 Å². The van der Waals surface area contributed by atoms with Gasteiger partial charge < -0.3 is 21.5 Å². The van der Waals surface area contributed by atoms with E-state index in [1.165, 1.54) is 11.3 Å². The number of thiophene rings is 1. The van der Waals surface area contributed by atoms with Crippen LogP contribution < -0.4 is 26.8 Å². The Morgan fingerprint density at radius 3 is 2.81 bits per heavy atom. The van der Waals surface area contributed by atoms with Gasteiger partial charge in [0.15, 0.2) is 6.19 Å². The van der Waals surface area contributed by atoms with Crippen molar-refractivity contribution in [2.45, 2.75) is 6.04 Å². The van der Waals surface area contributed by atoms with Crippen molar-refractivity contribution in [3.63, 3.8) is 0 Å². The number of anilines is 3. The highest BCUT2D eigenvalue weighted by atomic mass is 32.1. The molecule has 10 nitrogen and oxygen atoms in total. The molecular formula is C20H14N8O2S. The number of esters is 1. The molecule has 0 radical (unpaired) electrons. The third-order valence-corrected chi connectivity index (χ3v) is 5.31. The summed E-state index contributed by atoms with van der Waals surface area (Å²) in [6.07, 6.45) is 1.79. The molecule has 0 spiro atoms. The maximum atomic E-state index is 12.3. The zero-order chi connectivity index (χ0) is 22.0. The van der Waals surface area contributed by atoms with E-state index in [1.807, 2.05) is 6.07 Å². The zero-order valence-electron chi connectivity index (χ0n) is 15.8. The van der Waals surface area contributed by atoms with Crippen molar-refractivity contribution in [2.24, 2.45) is 4.99 Å². The van der Waals surface area contributed by atoms with E-state index in [2.05, 4.69) is 20.6 Å². The van der Waals surface area contributed by atoms with Crippen molar-refractivity contribution >= 4 is 40.6 Å². The van der Waals surface area contributed by atoms with Gasteiger partial charge in [-0.15, -0.1) is 11.3 Å². The Labute approximate surface area is 180 Å². The number of benzene rings is 1. The second-order valence-corrected chi connectivity index (χ2v) is 7.29. The van der Waals surface area contributed by atoms with E-state index in [4.69, 9.17) is 21.5 Å². The van der Waals surface area contributed by atoms with Crippen molar-refractivity contribution in [2.75, 3.05) is 16.8 Å². The number of guanidine groups is 1. The molecule has 1 unspecified atom stereocenters. The molecule has 2 aromatic heterocycles. The number of fused-ring (bicyclic) bond motifs is 1. The molecule has 0 aliphatic carbocycles. The van der Waals surface area contributed by atoms with E-state index in [0.29, 0.717) is 21.8 Å². The fourth-order valence-corrected chi connectivity index (χ4v) is 3.72. The van der Waals surface area contributed by atoms with Crippen LogP contribution in [0.1, 0.15) is 32.4 Å². The average molecular weight is 430 g/mol. The summed E-state index contributed by atoms with van der Waals surface area (Å²) in [4.78, 5) is 21.5. The first-order valence-electron chi connectivity index (χ1n) is 8.86. The number of carbonyl (C=O) groups is 1. The Morgan fingerprint density at radius 1 is 1.26 bits per heavy atom. The Bertz CT molecular complexity index is 1290. The van der Waals surface area contributed by atoms with Gasteiger partial charge in [0.1, 0.15) is 39.9 Å². The first kappa shape index (κ1) is 19.7. The minimum atomic E-state index is -0.729. The number of carbonyl (C=O) groups excluding carboxylic acids is 1. The highest BCUT2D eigenvalue weighted by Gasteiger charge is 2.30.